The molecule has 2 atom stereocenters. The fourth-order valence-electron chi connectivity index (χ4n) is 5.39. The molecule has 7 nitrogen and oxygen atoms in total. The molecule has 2 aromatic rings. The third-order valence-corrected chi connectivity index (χ3v) is 7.20. The Kier molecular flexibility index (Phi) is 9.09. The highest BCUT2D eigenvalue weighted by Gasteiger charge is 2.35. The van der Waals surface area contributed by atoms with Gasteiger partial charge in [-0.2, -0.15) is 0 Å². The fraction of sp³-hybridized carbons (Fsp3) is 0.533. The standard InChI is InChI=1S/C30H42N4O3/c1-30(2,3)37-29(36)34-21-19-33(20-22-34)27(24-15-9-5-10-16-24)26(23-13-7-4-8-14-23)32-28(35)31-25-17-11-6-12-18-25/h4-5,7-10,13-16,25-27H,6,11-12,17-22H2,1-3H3,(H2,31,32,35). The van der Waals surface area contributed by atoms with Crippen LogP contribution < -0.4 is 10.6 Å². The van der Waals surface area contributed by atoms with Crippen LogP contribution in [-0.4, -0.2) is 59.7 Å². The monoisotopic (exact) mass is 506 g/mol. The summed E-state index contributed by atoms with van der Waals surface area (Å²) in [5.74, 6) is 0. The SMILES string of the molecule is CC(C)(C)OC(=O)N1CCN(C(c2ccccc2)C(NC(=O)NC2CCCCC2)c2ccccc2)CC1. The number of ether oxygens (including phenoxy) is 1. The lowest BCUT2D eigenvalue weighted by atomic mass is 9.91. The van der Waals surface area contributed by atoms with E-state index in [-0.39, 0.29) is 30.2 Å². The quantitative estimate of drug-likeness (QED) is 0.531. The lowest BCUT2D eigenvalue weighted by Crippen LogP contribution is -2.53. The van der Waals surface area contributed by atoms with E-state index >= 15 is 0 Å². The van der Waals surface area contributed by atoms with Gasteiger partial charge in [0, 0.05) is 32.2 Å². The number of nitrogens with zero attached hydrogens (tertiary/aromatic N) is 2. The van der Waals surface area contributed by atoms with E-state index in [0.717, 1.165) is 24.0 Å². The van der Waals surface area contributed by atoms with E-state index in [9.17, 15) is 9.59 Å². The highest BCUT2D eigenvalue weighted by molar-refractivity contribution is 5.75. The van der Waals surface area contributed by atoms with Crippen LogP contribution in [0.2, 0.25) is 0 Å². The molecule has 37 heavy (non-hydrogen) atoms. The Balaban J connectivity index is 1.56. The Bertz CT molecular complexity index is 994. The maximum absolute atomic E-state index is 13.3. The number of carbonyl (C=O) groups excluding carboxylic acids is 2. The number of benzene rings is 2. The number of nitrogens with one attached hydrogen (secondary N) is 2. The Labute approximate surface area is 221 Å². The Morgan fingerprint density at radius 1 is 0.838 bits per heavy atom. The van der Waals surface area contributed by atoms with E-state index in [4.69, 9.17) is 4.74 Å². The average Bonchev–Trinajstić information content (AvgIpc) is 2.89. The molecule has 1 saturated carbocycles. The minimum atomic E-state index is -0.519. The molecule has 2 aliphatic rings. The van der Waals surface area contributed by atoms with Crippen molar-refractivity contribution < 1.29 is 14.3 Å². The van der Waals surface area contributed by atoms with Crippen molar-refractivity contribution in [3.63, 3.8) is 0 Å². The Morgan fingerprint density at radius 2 is 1.41 bits per heavy atom. The molecular weight excluding hydrogens is 464 g/mol. The predicted molar refractivity (Wildman–Crippen MR) is 146 cm³/mol. The van der Waals surface area contributed by atoms with E-state index in [1.165, 1.54) is 19.3 Å². The van der Waals surface area contributed by atoms with Gasteiger partial charge in [0.15, 0.2) is 0 Å². The largest absolute Gasteiger partial charge is 0.444 e. The number of hydrogen-bond donors (Lipinski definition) is 2. The molecule has 0 bridgehead atoms. The zero-order valence-corrected chi connectivity index (χ0v) is 22.5. The topological polar surface area (TPSA) is 73.9 Å². The van der Waals surface area contributed by atoms with E-state index in [2.05, 4.69) is 39.8 Å². The normalized spacial score (nSPS) is 19.1. The molecule has 1 aliphatic carbocycles. The molecular formula is C30H42N4O3. The third kappa shape index (κ3) is 7.71. The molecule has 2 unspecified atom stereocenters. The highest BCUT2D eigenvalue weighted by Crippen LogP contribution is 2.35. The summed E-state index contributed by atoms with van der Waals surface area (Å²) in [6, 6.07) is 20.3. The van der Waals surface area contributed by atoms with Crippen molar-refractivity contribution in [1.29, 1.82) is 0 Å². The van der Waals surface area contributed by atoms with Crippen LogP contribution in [0.4, 0.5) is 9.59 Å². The van der Waals surface area contributed by atoms with Gasteiger partial charge in [0.1, 0.15) is 5.60 Å². The number of rotatable bonds is 6. The zero-order valence-electron chi connectivity index (χ0n) is 22.5. The highest BCUT2D eigenvalue weighted by atomic mass is 16.6. The number of amides is 3. The van der Waals surface area contributed by atoms with E-state index in [1.807, 2.05) is 57.2 Å². The van der Waals surface area contributed by atoms with Crippen LogP contribution in [-0.2, 0) is 4.74 Å². The maximum Gasteiger partial charge on any atom is 0.410 e. The molecule has 4 rings (SSSR count). The summed E-state index contributed by atoms with van der Waals surface area (Å²) in [6.45, 7) is 8.20. The fourth-order valence-corrected chi connectivity index (χ4v) is 5.39. The van der Waals surface area contributed by atoms with Crippen molar-refractivity contribution in [2.45, 2.75) is 76.6 Å². The van der Waals surface area contributed by atoms with Crippen LogP contribution in [0.15, 0.2) is 60.7 Å². The van der Waals surface area contributed by atoms with Crippen LogP contribution in [0.3, 0.4) is 0 Å². The molecule has 0 spiro atoms. The molecule has 0 aromatic heterocycles. The summed E-state index contributed by atoms with van der Waals surface area (Å²) in [6.07, 6.45) is 5.39. The first-order chi connectivity index (χ1) is 17.8. The van der Waals surface area contributed by atoms with Gasteiger partial charge in [-0.15, -0.1) is 0 Å². The number of carbonyl (C=O) groups is 2. The van der Waals surface area contributed by atoms with E-state index < -0.39 is 5.60 Å². The van der Waals surface area contributed by atoms with Crippen molar-refractivity contribution in [2.75, 3.05) is 26.2 Å². The first-order valence-corrected chi connectivity index (χ1v) is 13.7. The summed E-state index contributed by atoms with van der Waals surface area (Å²) in [7, 11) is 0. The van der Waals surface area contributed by atoms with Crippen molar-refractivity contribution >= 4 is 12.1 Å². The smallest absolute Gasteiger partial charge is 0.410 e. The lowest BCUT2D eigenvalue weighted by Gasteiger charge is -2.43. The minimum Gasteiger partial charge on any atom is -0.444 e. The van der Waals surface area contributed by atoms with Gasteiger partial charge in [-0.1, -0.05) is 79.9 Å². The second-order valence-electron chi connectivity index (χ2n) is 11.2. The summed E-state index contributed by atoms with van der Waals surface area (Å²) in [4.78, 5) is 30.1. The molecule has 2 fully saturated rings. The molecule has 2 N–H and O–H groups in total. The molecule has 1 heterocycles. The summed E-state index contributed by atoms with van der Waals surface area (Å²) >= 11 is 0. The van der Waals surface area contributed by atoms with Gasteiger partial charge in [0.25, 0.3) is 0 Å². The van der Waals surface area contributed by atoms with Gasteiger partial charge in [0.05, 0.1) is 12.1 Å². The second kappa shape index (κ2) is 12.5. The van der Waals surface area contributed by atoms with Gasteiger partial charge in [-0.25, -0.2) is 9.59 Å². The van der Waals surface area contributed by atoms with Gasteiger partial charge < -0.3 is 20.3 Å². The first kappa shape index (κ1) is 27.0. The second-order valence-corrected chi connectivity index (χ2v) is 11.2. The van der Waals surface area contributed by atoms with Gasteiger partial charge in [0.2, 0.25) is 0 Å². The van der Waals surface area contributed by atoms with Crippen molar-refractivity contribution in [3.05, 3.63) is 71.8 Å². The van der Waals surface area contributed by atoms with Crippen LogP contribution in [0.5, 0.6) is 0 Å². The third-order valence-electron chi connectivity index (χ3n) is 7.20. The molecule has 1 saturated heterocycles. The summed E-state index contributed by atoms with van der Waals surface area (Å²) < 4.78 is 5.60. The van der Waals surface area contributed by atoms with Crippen LogP contribution in [0.25, 0.3) is 0 Å². The van der Waals surface area contributed by atoms with Crippen LogP contribution in [0, 0.1) is 0 Å². The van der Waals surface area contributed by atoms with Crippen LogP contribution >= 0.6 is 0 Å². The average molecular weight is 507 g/mol. The molecule has 3 amide bonds. The zero-order chi connectivity index (χ0) is 26.3. The molecule has 7 heteroatoms. The summed E-state index contributed by atoms with van der Waals surface area (Å²) in [5.41, 5.74) is 1.68. The first-order valence-electron chi connectivity index (χ1n) is 13.7. The maximum atomic E-state index is 13.3. The number of hydrogen-bond acceptors (Lipinski definition) is 4. The van der Waals surface area contributed by atoms with Crippen molar-refractivity contribution in [2.24, 2.45) is 0 Å². The van der Waals surface area contributed by atoms with Gasteiger partial charge >= 0.3 is 12.1 Å². The van der Waals surface area contributed by atoms with Crippen LogP contribution in [0.1, 0.15) is 76.1 Å². The molecule has 1 aliphatic heterocycles. The predicted octanol–water partition coefficient (Wildman–Crippen LogP) is 5.65. The van der Waals surface area contributed by atoms with Gasteiger partial charge in [-0.3, -0.25) is 4.90 Å². The number of urea groups is 1. The number of piperazine rings is 1. The summed E-state index contributed by atoms with van der Waals surface area (Å²) in [5, 5.41) is 6.58. The van der Waals surface area contributed by atoms with Crippen molar-refractivity contribution in [3.8, 4) is 0 Å². The Morgan fingerprint density at radius 3 is 1.97 bits per heavy atom. The molecule has 0 radical (unpaired) electrons. The van der Waals surface area contributed by atoms with Gasteiger partial charge in [-0.05, 0) is 44.7 Å². The molecule has 2 aromatic carbocycles. The van der Waals surface area contributed by atoms with E-state index in [1.54, 1.807) is 4.90 Å². The Hall–Kier alpha value is -3.06. The molecule has 200 valence electrons. The van der Waals surface area contributed by atoms with Crippen molar-refractivity contribution in [1.82, 2.24) is 20.4 Å². The lowest BCUT2D eigenvalue weighted by molar-refractivity contribution is 0.00813. The van der Waals surface area contributed by atoms with E-state index in [0.29, 0.717) is 26.2 Å². The minimum absolute atomic E-state index is 0.0820.